The van der Waals surface area contributed by atoms with E-state index in [1.165, 1.54) is 0 Å². The van der Waals surface area contributed by atoms with E-state index in [1.54, 1.807) is 12.1 Å². The average molecular weight is 294 g/mol. The van der Waals surface area contributed by atoms with Gasteiger partial charge in [0.25, 0.3) is 0 Å². The van der Waals surface area contributed by atoms with Gasteiger partial charge in [-0.1, -0.05) is 39.0 Å². The zero-order valence-electron chi connectivity index (χ0n) is 12.6. The molecule has 0 aromatic heterocycles. The summed E-state index contributed by atoms with van der Waals surface area (Å²) in [5.41, 5.74) is 5.13. The van der Waals surface area contributed by atoms with Gasteiger partial charge in [0.05, 0.1) is 0 Å². The Kier molecular flexibility index (Phi) is 6.02. The Hall–Kier alpha value is -2.24. The first-order valence-electron chi connectivity index (χ1n) is 6.74. The number of nitrogens with two attached hydrogens (primary N) is 1. The predicted octanol–water partition coefficient (Wildman–Crippen LogP) is 2.99. The molecule has 1 aromatic carbocycles. The van der Waals surface area contributed by atoms with Crippen molar-refractivity contribution in [3.05, 3.63) is 30.3 Å². The molecule has 0 aliphatic rings. The highest BCUT2D eigenvalue weighted by molar-refractivity contribution is 5.84. The molecule has 1 aromatic rings. The Morgan fingerprint density at radius 1 is 1.19 bits per heavy atom. The molecular formula is C15H22N2O4. The van der Waals surface area contributed by atoms with E-state index >= 15 is 0 Å². The fourth-order valence-electron chi connectivity index (χ4n) is 1.52. The molecule has 1 rings (SSSR count). The quantitative estimate of drug-likeness (QED) is 0.843. The highest BCUT2D eigenvalue weighted by Gasteiger charge is 2.32. The van der Waals surface area contributed by atoms with Crippen molar-refractivity contribution in [2.45, 2.75) is 20.8 Å². The van der Waals surface area contributed by atoms with Crippen molar-refractivity contribution in [1.82, 2.24) is 0 Å². The van der Waals surface area contributed by atoms with Crippen molar-refractivity contribution < 1.29 is 19.1 Å². The van der Waals surface area contributed by atoms with Gasteiger partial charge in [0.1, 0.15) is 13.2 Å². The molecule has 21 heavy (non-hydrogen) atoms. The highest BCUT2D eigenvalue weighted by Crippen LogP contribution is 2.28. The highest BCUT2D eigenvalue weighted by atomic mass is 16.6. The van der Waals surface area contributed by atoms with E-state index < -0.39 is 17.6 Å². The summed E-state index contributed by atoms with van der Waals surface area (Å²) in [5, 5.41) is 2.62. The molecule has 0 saturated heterocycles. The Morgan fingerprint density at radius 2 is 1.76 bits per heavy atom. The SMILES string of the molecule is CC(C)[C@@](C)(COC(N)=O)COC(=O)Nc1ccccc1. The number of para-hydroxylation sites is 1. The largest absolute Gasteiger partial charge is 0.449 e. The second-order valence-electron chi connectivity index (χ2n) is 5.48. The van der Waals surface area contributed by atoms with Crippen LogP contribution in [0, 0.1) is 11.3 Å². The molecule has 3 N–H and O–H groups in total. The lowest BCUT2D eigenvalue weighted by Crippen LogP contribution is -2.37. The standard InChI is InChI=1S/C15H22N2O4/c1-11(2)15(3,9-20-13(16)18)10-21-14(19)17-12-7-5-4-6-8-12/h4-8,11H,9-10H2,1-3H3,(H2,16,18)(H,17,19)/t15-/m0/s1. The minimum absolute atomic E-state index is 0.0959. The van der Waals surface area contributed by atoms with E-state index in [2.05, 4.69) is 5.32 Å². The average Bonchev–Trinajstić information content (AvgIpc) is 2.44. The summed E-state index contributed by atoms with van der Waals surface area (Å²) in [6, 6.07) is 9.01. The summed E-state index contributed by atoms with van der Waals surface area (Å²) in [6.45, 7) is 6.01. The van der Waals surface area contributed by atoms with Gasteiger partial charge in [0.15, 0.2) is 0 Å². The topological polar surface area (TPSA) is 90.7 Å². The maximum atomic E-state index is 11.8. The number of carbonyl (C=O) groups is 2. The summed E-state index contributed by atoms with van der Waals surface area (Å²) in [4.78, 5) is 22.5. The monoisotopic (exact) mass is 294 g/mol. The molecule has 116 valence electrons. The van der Waals surface area contributed by atoms with Crippen molar-refractivity contribution in [3.8, 4) is 0 Å². The van der Waals surface area contributed by atoms with Crippen molar-refractivity contribution in [1.29, 1.82) is 0 Å². The van der Waals surface area contributed by atoms with Gasteiger partial charge in [0, 0.05) is 11.1 Å². The zero-order chi connectivity index (χ0) is 15.9. The summed E-state index contributed by atoms with van der Waals surface area (Å²) in [6.07, 6.45) is -1.39. The molecule has 0 spiro atoms. The number of benzene rings is 1. The van der Waals surface area contributed by atoms with Crippen molar-refractivity contribution in [3.63, 3.8) is 0 Å². The number of hydrogen-bond acceptors (Lipinski definition) is 4. The maximum Gasteiger partial charge on any atom is 0.411 e. The minimum Gasteiger partial charge on any atom is -0.449 e. The van der Waals surface area contributed by atoms with Crippen LogP contribution in [-0.2, 0) is 9.47 Å². The Morgan fingerprint density at radius 3 is 2.29 bits per heavy atom. The van der Waals surface area contributed by atoms with E-state index in [4.69, 9.17) is 15.2 Å². The Balaban J connectivity index is 2.52. The van der Waals surface area contributed by atoms with Gasteiger partial charge in [-0.2, -0.15) is 0 Å². The molecule has 1 atom stereocenters. The van der Waals surface area contributed by atoms with Crippen molar-refractivity contribution in [2.24, 2.45) is 17.1 Å². The van der Waals surface area contributed by atoms with E-state index in [0.29, 0.717) is 5.69 Å². The fourth-order valence-corrected chi connectivity index (χ4v) is 1.52. The Labute approximate surface area is 124 Å². The number of hydrogen-bond donors (Lipinski definition) is 2. The van der Waals surface area contributed by atoms with E-state index in [-0.39, 0.29) is 19.1 Å². The Bertz CT molecular complexity index is 476. The molecule has 0 aliphatic heterocycles. The van der Waals surface area contributed by atoms with Gasteiger partial charge in [-0.3, -0.25) is 5.32 Å². The smallest absolute Gasteiger partial charge is 0.411 e. The van der Waals surface area contributed by atoms with E-state index in [1.807, 2.05) is 39.0 Å². The number of primary amides is 1. The van der Waals surface area contributed by atoms with E-state index in [0.717, 1.165) is 0 Å². The molecule has 2 amide bonds. The number of amides is 2. The van der Waals surface area contributed by atoms with Crippen LogP contribution in [-0.4, -0.2) is 25.4 Å². The first-order valence-corrected chi connectivity index (χ1v) is 6.74. The van der Waals surface area contributed by atoms with Gasteiger partial charge in [0.2, 0.25) is 0 Å². The van der Waals surface area contributed by atoms with Crippen molar-refractivity contribution >= 4 is 17.9 Å². The van der Waals surface area contributed by atoms with Crippen LogP contribution in [0.1, 0.15) is 20.8 Å². The normalized spacial score (nSPS) is 13.3. The first kappa shape index (κ1) is 16.8. The number of rotatable bonds is 6. The predicted molar refractivity (Wildman–Crippen MR) is 79.9 cm³/mol. The molecule has 0 radical (unpaired) electrons. The molecule has 0 saturated carbocycles. The summed E-state index contributed by atoms with van der Waals surface area (Å²) in [5.74, 6) is 0.140. The van der Waals surface area contributed by atoms with Crippen LogP contribution in [0.5, 0.6) is 0 Å². The molecule has 6 heteroatoms. The molecule has 6 nitrogen and oxygen atoms in total. The third-order valence-corrected chi connectivity index (χ3v) is 3.49. The van der Waals surface area contributed by atoms with Crippen LogP contribution in [0.3, 0.4) is 0 Å². The lowest BCUT2D eigenvalue weighted by Gasteiger charge is -2.32. The number of nitrogens with one attached hydrogen (secondary N) is 1. The maximum absolute atomic E-state index is 11.8. The molecule has 0 unspecified atom stereocenters. The van der Waals surface area contributed by atoms with E-state index in [9.17, 15) is 9.59 Å². The zero-order valence-corrected chi connectivity index (χ0v) is 12.6. The number of carbonyl (C=O) groups excluding carboxylic acids is 2. The third kappa shape index (κ3) is 5.72. The number of ether oxygens (including phenoxy) is 2. The minimum atomic E-state index is -0.837. The van der Waals surface area contributed by atoms with Crippen molar-refractivity contribution in [2.75, 3.05) is 18.5 Å². The second-order valence-corrected chi connectivity index (χ2v) is 5.48. The van der Waals surface area contributed by atoms with Gasteiger partial charge in [-0.05, 0) is 18.1 Å². The second kappa shape index (κ2) is 7.52. The molecule has 0 bridgehead atoms. The number of anilines is 1. The van der Waals surface area contributed by atoms with Gasteiger partial charge in [-0.15, -0.1) is 0 Å². The van der Waals surface area contributed by atoms with Crippen LogP contribution in [0.25, 0.3) is 0 Å². The molecule has 0 fully saturated rings. The summed E-state index contributed by atoms with van der Waals surface area (Å²) < 4.78 is 10.1. The van der Waals surface area contributed by atoms with Crippen LogP contribution in [0.15, 0.2) is 30.3 Å². The lowest BCUT2D eigenvalue weighted by molar-refractivity contribution is 0.0152. The third-order valence-electron chi connectivity index (χ3n) is 3.49. The summed E-state index contributed by atoms with van der Waals surface area (Å²) in [7, 11) is 0. The first-order chi connectivity index (χ1) is 9.83. The van der Waals surface area contributed by atoms with Gasteiger partial charge < -0.3 is 15.2 Å². The molecular weight excluding hydrogens is 272 g/mol. The van der Waals surface area contributed by atoms with Crippen LogP contribution >= 0.6 is 0 Å². The van der Waals surface area contributed by atoms with Gasteiger partial charge >= 0.3 is 12.2 Å². The fraction of sp³-hybridized carbons (Fsp3) is 0.467. The van der Waals surface area contributed by atoms with Crippen LogP contribution < -0.4 is 11.1 Å². The van der Waals surface area contributed by atoms with Gasteiger partial charge in [-0.25, -0.2) is 9.59 Å². The summed E-state index contributed by atoms with van der Waals surface area (Å²) >= 11 is 0. The molecule has 0 aliphatic carbocycles. The van der Waals surface area contributed by atoms with Crippen LogP contribution in [0.2, 0.25) is 0 Å². The molecule has 0 heterocycles. The van der Waals surface area contributed by atoms with Crippen LogP contribution in [0.4, 0.5) is 15.3 Å². The lowest BCUT2D eigenvalue weighted by atomic mass is 9.81.